The number of nitrogens with zero attached hydrogens (tertiary/aromatic N) is 2. The topological polar surface area (TPSA) is 62.7 Å². The second-order valence-corrected chi connectivity index (χ2v) is 8.71. The van der Waals surface area contributed by atoms with Crippen molar-refractivity contribution in [3.8, 4) is 17.0 Å². The molecule has 1 N–H and O–H groups in total. The van der Waals surface area contributed by atoms with Crippen molar-refractivity contribution in [2.75, 3.05) is 18.1 Å². The molecule has 1 aromatic heterocycles. The van der Waals surface area contributed by atoms with Gasteiger partial charge in [-0.1, -0.05) is 26.0 Å². The van der Waals surface area contributed by atoms with Crippen molar-refractivity contribution in [1.29, 1.82) is 0 Å². The predicted octanol–water partition coefficient (Wildman–Crippen LogP) is 5.26. The van der Waals surface area contributed by atoms with E-state index in [4.69, 9.17) is 4.74 Å². The van der Waals surface area contributed by atoms with E-state index in [1.165, 1.54) is 17.2 Å². The molecule has 9 heteroatoms. The van der Waals surface area contributed by atoms with Gasteiger partial charge in [0, 0.05) is 40.1 Å². The maximum atomic E-state index is 13.8. The zero-order chi connectivity index (χ0) is 24.7. The molecule has 34 heavy (non-hydrogen) atoms. The molecule has 2 aromatic carbocycles. The molecule has 1 amide bonds. The molecule has 178 valence electrons. The molecule has 0 fully saturated rings. The van der Waals surface area contributed by atoms with E-state index < -0.39 is 24.0 Å². The zero-order valence-electron chi connectivity index (χ0n) is 18.5. The van der Waals surface area contributed by atoms with Crippen LogP contribution in [0.4, 0.5) is 23.2 Å². The Hall–Kier alpha value is -3.46. The average Bonchev–Trinajstić information content (AvgIpc) is 3.14. The summed E-state index contributed by atoms with van der Waals surface area (Å²) in [7, 11) is 0. The Kier molecular flexibility index (Phi) is 6.07. The quantitative estimate of drug-likeness (QED) is 0.495. The number of amides is 1. The molecule has 0 aliphatic carbocycles. The zero-order valence-corrected chi connectivity index (χ0v) is 18.5. The minimum absolute atomic E-state index is 0.0358. The Balaban J connectivity index is 1.69. The number of aromatic nitrogens is 1. The number of aliphatic hydroxyl groups is 1. The Morgan fingerprint density at radius 2 is 1.76 bits per heavy atom. The van der Waals surface area contributed by atoms with Crippen LogP contribution < -0.4 is 9.64 Å². The lowest BCUT2D eigenvalue weighted by Crippen LogP contribution is -2.24. The first-order chi connectivity index (χ1) is 16.0. The van der Waals surface area contributed by atoms with E-state index in [1.54, 1.807) is 18.2 Å². The van der Waals surface area contributed by atoms with Gasteiger partial charge in [-0.2, -0.15) is 13.2 Å². The van der Waals surface area contributed by atoms with Crippen LogP contribution in [0.25, 0.3) is 11.3 Å². The highest BCUT2D eigenvalue weighted by molar-refractivity contribution is 6.11. The molecule has 0 saturated heterocycles. The van der Waals surface area contributed by atoms with Crippen LogP contribution >= 0.6 is 0 Å². The molecule has 5 nitrogen and oxygen atoms in total. The number of carbonyl (C=O) groups excluding carboxylic acids is 1. The number of aliphatic hydroxyl groups excluding tert-OH is 1. The van der Waals surface area contributed by atoms with E-state index in [0.717, 1.165) is 17.7 Å². The van der Waals surface area contributed by atoms with Crippen LogP contribution in [0, 0.1) is 5.82 Å². The normalized spacial score (nSPS) is 13.9. The third kappa shape index (κ3) is 4.61. The lowest BCUT2D eigenvalue weighted by atomic mass is 9.85. The Bertz CT molecular complexity index is 1220. The van der Waals surface area contributed by atoms with Crippen LogP contribution in [0.15, 0.2) is 54.7 Å². The molecule has 0 spiro atoms. The van der Waals surface area contributed by atoms with Crippen molar-refractivity contribution in [2.45, 2.75) is 32.0 Å². The van der Waals surface area contributed by atoms with Crippen molar-refractivity contribution >= 4 is 11.6 Å². The summed E-state index contributed by atoms with van der Waals surface area (Å²) in [4.78, 5) is 19.0. The lowest BCUT2D eigenvalue weighted by molar-refractivity contribution is -0.153. The highest BCUT2D eigenvalue weighted by Crippen LogP contribution is 2.38. The standard InChI is InChI=1S/C25H22F4N2O3/c1-24(2,13-32)15-3-6-17(7-4-15)31-12-20-18(23(31)33)9-10-30-22(20)19-8-5-16(26)11-21(19)34-14-25(27,28)29/h3-11,32H,12-14H2,1-2H3. The van der Waals surface area contributed by atoms with Crippen molar-refractivity contribution < 1.29 is 32.2 Å². The summed E-state index contributed by atoms with van der Waals surface area (Å²) in [5.41, 5.74) is 2.37. The van der Waals surface area contributed by atoms with E-state index in [0.29, 0.717) is 16.8 Å². The predicted molar refractivity (Wildman–Crippen MR) is 118 cm³/mol. The maximum absolute atomic E-state index is 13.8. The SMILES string of the molecule is CC(C)(CO)c1ccc(N2Cc3c(ccnc3-c3ccc(F)cc3OCC(F)(F)F)C2=O)cc1. The first kappa shape index (κ1) is 23.7. The third-order valence-electron chi connectivity index (χ3n) is 5.79. The van der Waals surface area contributed by atoms with E-state index in [1.807, 2.05) is 26.0 Å². The Morgan fingerprint density at radius 3 is 2.41 bits per heavy atom. The molecule has 0 atom stereocenters. The first-order valence-electron chi connectivity index (χ1n) is 10.5. The van der Waals surface area contributed by atoms with Gasteiger partial charge >= 0.3 is 6.18 Å². The molecule has 0 saturated carbocycles. The van der Waals surface area contributed by atoms with E-state index in [2.05, 4.69) is 4.98 Å². The molecular formula is C25H22F4N2O3. The van der Waals surface area contributed by atoms with Gasteiger partial charge < -0.3 is 14.7 Å². The van der Waals surface area contributed by atoms with E-state index >= 15 is 0 Å². The van der Waals surface area contributed by atoms with Crippen molar-refractivity contribution in [1.82, 2.24) is 4.98 Å². The summed E-state index contributed by atoms with van der Waals surface area (Å²) >= 11 is 0. The average molecular weight is 474 g/mol. The summed E-state index contributed by atoms with van der Waals surface area (Å²) in [6, 6.07) is 12.0. The number of alkyl halides is 3. The van der Waals surface area contributed by atoms with Gasteiger partial charge in [0.2, 0.25) is 0 Å². The summed E-state index contributed by atoms with van der Waals surface area (Å²) in [6.07, 6.45) is -3.21. The number of rotatable bonds is 6. The molecule has 0 bridgehead atoms. The highest BCUT2D eigenvalue weighted by Gasteiger charge is 2.33. The first-order valence-corrected chi connectivity index (χ1v) is 10.5. The van der Waals surface area contributed by atoms with Gasteiger partial charge in [-0.25, -0.2) is 4.39 Å². The van der Waals surface area contributed by atoms with Crippen LogP contribution in [0.3, 0.4) is 0 Å². The Morgan fingerprint density at radius 1 is 1.06 bits per heavy atom. The fourth-order valence-electron chi connectivity index (χ4n) is 3.82. The maximum Gasteiger partial charge on any atom is 0.422 e. The van der Waals surface area contributed by atoms with Crippen molar-refractivity contribution in [3.05, 3.63) is 77.2 Å². The molecule has 0 unspecified atom stereocenters. The number of pyridine rings is 1. The number of benzene rings is 2. The number of halogens is 4. The highest BCUT2D eigenvalue weighted by atomic mass is 19.4. The van der Waals surface area contributed by atoms with Gasteiger partial charge in [0.15, 0.2) is 6.61 Å². The summed E-state index contributed by atoms with van der Waals surface area (Å²) in [5.74, 6) is -1.34. The van der Waals surface area contributed by atoms with E-state index in [-0.39, 0.29) is 36.1 Å². The van der Waals surface area contributed by atoms with Crippen LogP contribution in [0.5, 0.6) is 5.75 Å². The van der Waals surface area contributed by atoms with Crippen LogP contribution in [0.2, 0.25) is 0 Å². The molecule has 1 aliphatic rings. The van der Waals surface area contributed by atoms with Crippen molar-refractivity contribution in [2.24, 2.45) is 0 Å². The van der Waals surface area contributed by atoms with Crippen molar-refractivity contribution in [3.63, 3.8) is 0 Å². The minimum Gasteiger partial charge on any atom is -0.483 e. The summed E-state index contributed by atoms with van der Waals surface area (Å²) in [5, 5.41) is 9.58. The minimum atomic E-state index is -4.60. The molecule has 1 aliphatic heterocycles. The number of hydrogen-bond acceptors (Lipinski definition) is 4. The largest absolute Gasteiger partial charge is 0.483 e. The molecule has 4 rings (SSSR count). The summed E-state index contributed by atoms with van der Waals surface area (Å²) in [6.45, 7) is 2.32. The van der Waals surface area contributed by atoms with Crippen LogP contribution in [-0.4, -0.2) is 35.4 Å². The van der Waals surface area contributed by atoms with Gasteiger partial charge in [-0.15, -0.1) is 0 Å². The number of ether oxygens (including phenoxy) is 1. The van der Waals surface area contributed by atoms with Gasteiger partial charge in [0.25, 0.3) is 5.91 Å². The molecule has 3 aromatic rings. The fraction of sp³-hybridized carbons (Fsp3) is 0.280. The number of anilines is 1. The second-order valence-electron chi connectivity index (χ2n) is 8.71. The van der Waals surface area contributed by atoms with Crippen LogP contribution in [0.1, 0.15) is 35.3 Å². The molecule has 2 heterocycles. The fourth-order valence-corrected chi connectivity index (χ4v) is 3.82. The monoisotopic (exact) mass is 474 g/mol. The number of fused-ring (bicyclic) bond motifs is 1. The van der Waals surface area contributed by atoms with Crippen LogP contribution in [-0.2, 0) is 12.0 Å². The lowest BCUT2D eigenvalue weighted by Gasteiger charge is -2.23. The van der Waals surface area contributed by atoms with Gasteiger partial charge in [-0.05, 0) is 35.9 Å². The van der Waals surface area contributed by atoms with Gasteiger partial charge in [-0.3, -0.25) is 9.78 Å². The molecular weight excluding hydrogens is 452 g/mol. The third-order valence-corrected chi connectivity index (χ3v) is 5.79. The number of hydrogen-bond donors (Lipinski definition) is 1. The van der Waals surface area contributed by atoms with E-state index in [9.17, 15) is 27.5 Å². The smallest absolute Gasteiger partial charge is 0.422 e. The Labute approximate surface area is 193 Å². The van der Waals surface area contributed by atoms with Gasteiger partial charge in [0.1, 0.15) is 11.6 Å². The summed E-state index contributed by atoms with van der Waals surface area (Å²) < 4.78 is 56.8. The number of carbonyl (C=O) groups is 1. The molecule has 0 radical (unpaired) electrons. The second kappa shape index (κ2) is 8.72. The van der Waals surface area contributed by atoms with Gasteiger partial charge in [0.05, 0.1) is 18.8 Å².